The maximum absolute atomic E-state index is 6.08. The molecule has 0 saturated carbocycles. The monoisotopic (exact) mass is 280 g/mol. The van der Waals surface area contributed by atoms with E-state index >= 15 is 0 Å². The van der Waals surface area contributed by atoms with Crippen molar-refractivity contribution in [3.05, 3.63) is 35.4 Å². The Labute approximate surface area is 121 Å². The highest BCUT2D eigenvalue weighted by molar-refractivity contribution is 5.24. The van der Waals surface area contributed by atoms with Gasteiger partial charge in [0.05, 0.1) is 12.7 Å². The molecule has 0 spiro atoms. The minimum absolute atomic E-state index is 0.00826. The average molecular weight is 280 g/mol. The summed E-state index contributed by atoms with van der Waals surface area (Å²) < 4.78 is 22.7. The number of ether oxygens (including phenoxy) is 4. The van der Waals surface area contributed by atoms with E-state index in [9.17, 15) is 0 Å². The predicted octanol–water partition coefficient (Wildman–Crippen LogP) is 2.68. The minimum Gasteiger partial charge on any atom is -0.373 e. The summed E-state index contributed by atoms with van der Waals surface area (Å²) in [5.74, 6) is 0. The Morgan fingerprint density at radius 1 is 1.10 bits per heavy atom. The molecule has 1 saturated heterocycles. The first-order chi connectivity index (χ1) is 9.71. The number of hydrogen-bond acceptors (Lipinski definition) is 4. The fourth-order valence-electron chi connectivity index (χ4n) is 2.62. The number of methoxy groups -OCH3 is 2. The van der Waals surface area contributed by atoms with Crippen LogP contribution in [0.5, 0.6) is 0 Å². The van der Waals surface area contributed by atoms with Crippen LogP contribution in [-0.4, -0.2) is 38.8 Å². The summed E-state index contributed by atoms with van der Waals surface area (Å²) in [6.07, 6.45) is 0.238. The topological polar surface area (TPSA) is 36.9 Å². The maximum atomic E-state index is 6.08. The first-order valence-corrected chi connectivity index (χ1v) is 7.08. The number of rotatable bonds is 6. The van der Waals surface area contributed by atoms with Crippen molar-refractivity contribution < 1.29 is 18.9 Å². The Morgan fingerprint density at radius 3 is 2.45 bits per heavy atom. The zero-order valence-corrected chi connectivity index (χ0v) is 12.7. The van der Waals surface area contributed by atoms with Gasteiger partial charge in [0.1, 0.15) is 12.2 Å². The molecule has 1 aromatic carbocycles. The highest BCUT2D eigenvalue weighted by Gasteiger charge is 2.45. The fraction of sp³-hybridized carbons (Fsp3) is 0.625. The Balaban J connectivity index is 2.04. The van der Waals surface area contributed by atoms with E-state index in [0.29, 0.717) is 6.61 Å². The quantitative estimate of drug-likeness (QED) is 0.803. The minimum atomic E-state index is -0.355. The molecule has 0 amide bonds. The molecule has 1 aromatic rings. The molecule has 0 aliphatic carbocycles. The summed E-state index contributed by atoms with van der Waals surface area (Å²) in [5, 5.41) is 0. The van der Waals surface area contributed by atoms with Gasteiger partial charge in [-0.3, -0.25) is 0 Å². The molecule has 4 atom stereocenters. The molecule has 4 heteroatoms. The van der Waals surface area contributed by atoms with E-state index in [2.05, 4.69) is 26.0 Å². The fourth-order valence-corrected chi connectivity index (χ4v) is 2.62. The molecule has 0 unspecified atom stereocenters. The van der Waals surface area contributed by atoms with Gasteiger partial charge in [0.2, 0.25) is 0 Å². The van der Waals surface area contributed by atoms with Crippen molar-refractivity contribution in [2.45, 2.75) is 51.5 Å². The van der Waals surface area contributed by atoms with E-state index in [0.717, 1.165) is 6.42 Å². The second-order valence-electron chi connectivity index (χ2n) is 5.09. The van der Waals surface area contributed by atoms with Crippen LogP contribution in [0.2, 0.25) is 0 Å². The number of aryl methyl sites for hydroxylation is 1. The summed E-state index contributed by atoms with van der Waals surface area (Å²) in [4.78, 5) is 0. The average Bonchev–Trinajstić information content (AvgIpc) is 2.83. The van der Waals surface area contributed by atoms with Crippen molar-refractivity contribution in [1.82, 2.24) is 0 Å². The standard InChI is InChI=1S/C16H24O4/c1-5-13-14(15(17-3)16(18-4)20-13)19-10-12-9-7-6-8-11(12)2/h6-9,13-16H,5,10H2,1-4H3/t13-,14+,15-,16+/m1/s1. The van der Waals surface area contributed by atoms with Crippen molar-refractivity contribution in [3.8, 4) is 0 Å². The van der Waals surface area contributed by atoms with Gasteiger partial charge in [-0.25, -0.2) is 0 Å². The lowest BCUT2D eigenvalue weighted by Crippen LogP contribution is -2.37. The molecule has 0 bridgehead atoms. The Bertz CT molecular complexity index is 421. The lowest BCUT2D eigenvalue weighted by Gasteiger charge is -2.22. The summed E-state index contributed by atoms with van der Waals surface area (Å²) in [6, 6.07) is 8.24. The first kappa shape index (κ1) is 15.4. The van der Waals surface area contributed by atoms with Crippen molar-refractivity contribution in [3.63, 3.8) is 0 Å². The van der Waals surface area contributed by atoms with E-state index < -0.39 is 0 Å². The second-order valence-corrected chi connectivity index (χ2v) is 5.09. The molecule has 4 nitrogen and oxygen atoms in total. The normalized spacial score (nSPS) is 29.8. The third kappa shape index (κ3) is 3.20. The zero-order valence-electron chi connectivity index (χ0n) is 12.7. The van der Waals surface area contributed by atoms with Crippen molar-refractivity contribution in [2.24, 2.45) is 0 Å². The van der Waals surface area contributed by atoms with Gasteiger partial charge in [-0.15, -0.1) is 0 Å². The number of benzene rings is 1. The van der Waals surface area contributed by atoms with Crippen molar-refractivity contribution in [1.29, 1.82) is 0 Å². The van der Waals surface area contributed by atoms with Crippen LogP contribution in [0.25, 0.3) is 0 Å². The second kappa shape index (κ2) is 7.18. The van der Waals surface area contributed by atoms with Crippen LogP contribution in [0.15, 0.2) is 24.3 Å². The van der Waals surface area contributed by atoms with Gasteiger partial charge in [0, 0.05) is 14.2 Å². The largest absolute Gasteiger partial charge is 0.373 e. The van der Waals surface area contributed by atoms with E-state index in [1.54, 1.807) is 14.2 Å². The molecular formula is C16H24O4. The maximum Gasteiger partial charge on any atom is 0.186 e. The molecule has 0 aromatic heterocycles. The van der Waals surface area contributed by atoms with Crippen LogP contribution < -0.4 is 0 Å². The van der Waals surface area contributed by atoms with Crippen LogP contribution in [0, 0.1) is 6.92 Å². The lowest BCUT2D eigenvalue weighted by molar-refractivity contribution is -0.156. The summed E-state index contributed by atoms with van der Waals surface area (Å²) in [7, 11) is 3.30. The van der Waals surface area contributed by atoms with E-state index in [1.807, 2.05) is 12.1 Å². The molecule has 20 heavy (non-hydrogen) atoms. The highest BCUT2D eigenvalue weighted by atomic mass is 16.7. The van der Waals surface area contributed by atoms with E-state index in [1.165, 1.54) is 11.1 Å². The van der Waals surface area contributed by atoms with Gasteiger partial charge in [-0.2, -0.15) is 0 Å². The summed E-state index contributed by atoms with van der Waals surface area (Å²) in [6.45, 7) is 4.74. The highest BCUT2D eigenvalue weighted by Crippen LogP contribution is 2.29. The molecule has 1 heterocycles. The molecule has 1 aliphatic rings. The van der Waals surface area contributed by atoms with Gasteiger partial charge in [-0.05, 0) is 24.5 Å². The zero-order chi connectivity index (χ0) is 14.5. The lowest BCUT2D eigenvalue weighted by atomic mass is 10.1. The summed E-state index contributed by atoms with van der Waals surface area (Å²) in [5.41, 5.74) is 2.43. The predicted molar refractivity (Wildman–Crippen MR) is 76.5 cm³/mol. The van der Waals surface area contributed by atoms with Gasteiger partial charge >= 0.3 is 0 Å². The summed E-state index contributed by atoms with van der Waals surface area (Å²) >= 11 is 0. The van der Waals surface area contributed by atoms with Crippen LogP contribution in [0.4, 0.5) is 0 Å². The molecule has 1 fully saturated rings. The smallest absolute Gasteiger partial charge is 0.186 e. The molecule has 112 valence electrons. The Hall–Kier alpha value is -0.940. The molecule has 0 N–H and O–H groups in total. The molecule has 0 radical (unpaired) electrons. The van der Waals surface area contributed by atoms with Crippen LogP contribution in [0.3, 0.4) is 0 Å². The number of hydrogen-bond donors (Lipinski definition) is 0. The molecule has 1 aliphatic heterocycles. The van der Waals surface area contributed by atoms with Crippen LogP contribution in [0.1, 0.15) is 24.5 Å². The Kier molecular flexibility index (Phi) is 5.54. The molecular weight excluding hydrogens is 256 g/mol. The van der Waals surface area contributed by atoms with E-state index in [4.69, 9.17) is 18.9 Å². The van der Waals surface area contributed by atoms with Crippen molar-refractivity contribution >= 4 is 0 Å². The van der Waals surface area contributed by atoms with Crippen LogP contribution in [-0.2, 0) is 25.6 Å². The first-order valence-electron chi connectivity index (χ1n) is 7.08. The third-order valence-electron chi connectivity index (χ3n) is 3.87. The van der Waals surface area contributed by atoms with Gasteiger partial charge in [0.25, 0.3) is 0 Å². The third-order valence-corrected chi connectivity index (χ3v) is 3.87. The Morgan fingerprint density at radius 2 is 1.85 bits per heavy atom. The molecule has 2 rings (SSSR count). The van der Waals surface area contributed by atoms with Crippen molar-refractivity contribution in [2.75, 3.05) is 14.2 Å². The SMILES string of the molecule is CC[C@H]1O[C@H](OC)[C@H](OC)[C@H]1OCc1ccccc1C. The van der Waals surface area contributed by atoms with Gasteiger partial charge in [0.15, 0.2) is 6.29 Å². The van der Waals surface area contributed by atoms with Gasteiger partial charge in [-0.1, -0.05) is 31.2 Å². The van der Waals surface area contributed by atoms with Crippen LogP contribution >= 0.6 is 0 Å². The van der Waals surface area contributed by atoms with Gasteiger partial charge < -0.3 is 18.9 Å². The van der Waals surface area contributed by atoms with E-state index in [-0.39, 0.29) is 24.6 Å².